The molecular formula is C17H21N5OS. The van der Waals surface area contributed by atoms with Crippen molar-refractivity contribution >= 4 is 23.5 Å². The third-order valence-electron chi connectivity index (χ3n) is 3.93. The highest BCUT2D eigenvalue weighted by atomic mass is 32.2. The van der Waals surface area contributed by atoms with Gasteiger partial charge in [-0.05, 0) is 42.9 Å². The van der Waals surface area contributed by atoms with E-state index in [-0.39, 0.29) is 11.9 Å². The minimum Gasteiger partial charge on any atom is -0.353 e. The van der Waals surface area contributed by atoms with Crippen LogP contribution in [0.25, 0.3) is 0 Å². The molecule has 1 N–H and O–H groups in total. The Morgan fingerprint density at radius 3 is 3.04 bits per heavy atom. The van der Waals surface area contributed by atoms with Crippen LogP contribution in [0.3, 0.4) is 0 Å². The summed E-state index contributed by atoms with van der Waals surface area (Å²) in [5.41, 5.74) is 0.604. The molecule has 2 aromatic heterocycles. The molecule has 0 radical (unpaired) electrons. The van der Waals surface area contributed by atoms with Gasteiger partial charge in [0.25, 0.3) is 5.91 Å². The Balaban J connectivity index is 1.59. The third kappa shape index (κ3) is 4.23. The highest BCUT2D eigenvalue weighted by Crippen LogP contribution is 2.18. The highest BCUT2D eigenvalue weighted by Gasteiger charge is 2.23. The maximum Gasteiger partial charge on any atom is 0.253 e. The zero-order valence-corrected chi connectivity index (χ0v) is 14.5. The number of nitrogens with zero attached hydrogens (tertiary/aromatic N) is 4. The molecule has 0 bridgehead atoms. The van der Waals surface area contributed by atoms with Crippen molar-refractivity contribution in [2.75, 3.05) is 23.7 Å². The standard InChI is InChI=1S/C17H21N5OS/c1-2-24-16-8-7-13(11-18-16)17(23)20-14-5-4-10-22(12-14)15-6-3-9-19-21-15/h3,6-9,11,14H,2,4-5,10,12H2,1H3,(H,20,23)/t14-/m1/s1. The third-order valence-corrected chi connectivity index (χ3v) is 4.76. The summed E-state index contributed by atoms with van der Waals surface area (Å²) in [5, 5.41) is 12.1. The van der Waals surface area contributed by atoms with Gasteiger partial charge in [-0.1, -0.05) is 6.92 Å². The molecule has 1 aliphatic heterocycles. The molecule has 0 spiro atoms. The van der Waals surface area contributed by atoms with Crippen LogP contribution >= 0.6 is 11.8 Å². The first kappa shape index (κ1) is 16.7. The molecule has 1 atom stereocenters. The lowest BCUT2D eigenvalue weighted by Crippen LogP contribution is -2.48. The van der Waals surface area contributed by atoms with Crippen molar-refractivity contribution in [1.29, 1.82) is 0 Å². The van der Waals surface area contributed by atoms with Crippen LogP contribution in [0.4, 0.5) is 5.82 Å². The molecule has 2 aromatic rings. The second-order valence-corrected chi connectivity index (χ2v) is 6.94. The first-order chi connectivity index (χ1) is 11.8. The lowest BCUT2D eigenvalue weighted by atomic mass is 10.1. The molecule has 1 aliphatic rings. The molecule has 0 aromatic carbocycles. The Morgan fingerprint density at radius 2 is 2.33 bits per heavy atom. The highest BCUT2D eigenvalue weighted by molar-refractivity contribution is 7.99. The van der Waals surface area contributed by atoms with Crippen LogP contribution in [0.1, 0.15) is 30.1 Å². The fourth-order valence-electron chi connectivity index (χ4n) is 2.78. The van der Waals surface area contributed by atoms with Gasteiger partial charge in [0.2, 0.25) is 0 Å². The van der Waals surface area contributed by atoms with Gasteiger partial charge in [0, 0.05) is 31.5 Å². The molecule has 24 heavy (non-hydrogen) atoms. The number of carbonyl (C=O) groups excluding carboxylic acids is 1. The lowest BCUT2D eigenvalue weighted by molar-refractivity contribution is 0.0932. The van der Waals surface area contributed by atoms with E-state index in [4.69, 9.17) is 0 Å². The number of nitrogens with one attached hydrogen (secondary N) is 1. The molecule has 0 aliphatic carbocycles. The Bertz CT molecular complexity index is 664. The van der Waals surface area contributed by atoms with E-state index in [1.54, 1.807) is 24.2 Å². The summed E-state index contributed by atoms with van der Waals surface area (Å²) in [6, 6.07) is 7.68. The quantitative estimate of drug-likeness (QED) is 0.841. The van der Waals surface area contributed by atoms with Gasteiger partial charge in [-0.15, -0.1) is 16.9 Å². The van der Waals surface area contributed by atoms with Crippen molar-refractivity contribution in [2.24, 2.45) is 0 Å². The predicted molar refractivity (Wildman–Crippen MR) is 95.4 cm³/mol. The van der Waals surface area contributed by atoms with Gasteiger partial charge in [-0.3, -0.25) is 4.79 Å². The van der Waals surface area contributed by atoms with E-state index in [0.29, 0.717) is 5.56 Å². The van der Waals surface area contributed by atoms with E-state index in [1.165, 1.54) is 0 Å². The molecular weight excluding hydrogens is 322 g/mol. The van der Waals surface area contributed by atoms with E-state index in [1.807, 2.05) is 24.3 Å². The molecule has 0 saturated carbocycles. The summed E-state index contributed by atoms with van der Waals surface area (Å²) in [5.74, 6) is 1.76. The number of amides is 1. The van der Waals surface area contributed by atoms with Gasteiger partial charge in [0.05, 0.1) is 10.6 Å². The number of carbonyl (C=O) groups is 1. The molecule has 6 nitrogen and oxygen atoms in total. The van der Waals surface area contributed by atoms with Crippen LogP contribution in [0.15, 0.2) is 41.7 Å². The number of aromatic nitrogens is 3. The van der Waals surface area contributed by atoms with Crippen molar-refractivity contribution < 1.29 is 4.79 Å². The first-order valence-electron chi connectivity index (χ1n) is 8.18. The van der Waals surface area contributed by atoms with Gasteiger partial charge in [-0.25, -0.2) is 4.98 Å². The van der Waals surface area contributed by atoms with E-state index >= 15 is 0 Å². The van der Waals surface area contributed by atoms with Crippen molar-refractivity contribution in [3.63, 3.8) is 0 Å². The molecule has 1 saturated heterocycles. The van der Waals surface area contributed by atoms with Crippen LogP contribution in [0, 0.1) is 0 Å². The van der Waals surface area contributed by atoms with Crippen LogP contribution in [-0.2, 0) is 0 Å². The van der Waals surface area contributed by atoms with Crippen LogP contribution in [0.5, 0.6) is 0 Å². The Hall–Kier alpha value is -2.15. The second kappa shape index (κ2) is 8.10. The number of rotatable bonds is 5. The van der Waals surface area contributed by atoms with Crippen LogP contribution < -0.4 is 10.2 Å². The van der Waals surface area contributed by atoms with E-state index in [9.17, 15) is 4.79 Å². The molecule has 7 heteroatoms. The van der Waals surface area contributed by atoms with Gasteiger partial charge in [0.1, 0.15) is 0 Å². The fraction of sp³-hybridized carbons (Fsp3) is 0.412. The maximum absolute atomic E-state index is 12.4. The second-order valence-electron chi connectivity index (χ2n) is 5.66. The SMILES string of the molecule is CCSc1ccc(C(=O)N[C@@H]2CCCN(c3cccnn3)C2)cn1. The fourth-order valence-corrected chi connectivity index (χ4v) is 3.37. The number of piperidine rings is 1. The summed E-state index contributed by atoms with van der Waals surface area (Å²) in [7, 11) is 0. The maximum atomic E-state index is 12.4. The average molecular weight is 343 g/mol. The normalized spacial score (nSPS) is 17.5. The summed E-state index contributed by atoms with van der Waals surface area (Å²) >= 11 is 1.67. The number of pyridine rings is 1. The summed E-state index contributed by atoms with van der Waals surface area (Å²) in [6.45, 7) is 3.77. The van der Waals surface area contributed by atoms with Gasteiger partial charge >= 0.3 is 0 Å². The lowest BCUT2D eigenvalue weighted by Gasteiger charge is -2.33. The van der Waals surface area contributed by atoms with E-state index in [2.05, 4.69) is 32.3 Å². The molecule has 0 unspecified atom stereocenters. The number of hydrogen-bond acceptors (Lipinski definition) is 6. The van der Waals surface area contributed by atoms with E-state index < -0.39 is 0 Å². The topological polar surface area (TPSA) is 71.0 Å². The van der Waals surface area contributed by atoms with Gasteiger partial charge < -0.3 is 10.2 Å². The van der Waals surface area contributed by atoms with Crippen LogP contribution in [0.2, 0.25) is 0 Å². The Kier molecular flexibility index (Phi) is 5.63. The van der Waals surface area contributed by atoms with Crippen LogP contribution in [-0.4, -0.2) is 46.0 Å². The average Bonchev–Trinajstić information content (AvgIpc) is 2.63. The van der Waals surface area contributed by atoms with Gasteiger partial charge in [0.15, 0.2) is 5.82 Å². The molecule has 126 valence electrons. The van der Waals surface area contributed by atoms with Gasteiger partial charge in [-0.2, -0.15) is 5.10 Å². The minimum absolute atomic E-state index is 0.0680. The first-order valence-corrected chi connectivity index (χ1v) is 9.17. The summed E-state index contributed by atoms with van der Waals surface area (Å²) < 4.78 is 0. The Morgan fingerprint density at radius 1 is 1.42 bits per heavy atom. The van der Waals surface area contributed by atoms with Crippen molar-refractivity contribution in [1.82, 2.24) is 20.5 Å². The number of anilines is 1. The molecule has 1 fully saturated rings. The monoisotopic (exact) mass is 343 g/mol. The summed E-state index contributed by atoms with van der Waals surface area (Å²) in [6.07, 6.45) is 5.31. The predicted octanol–water partition coefficient (Wildman–Crippen LogP) is 2.38. The van der Waals surface area contributed by atoms with E-state index in [0.717, 1.165) is 42.5 Å². The van der Waals surface area contributed by atoms with Crippen molar-refractivity contribution in [3.05, 3.63) is 42.2 Å². The smallest absolute Gasteiger partial charge is 0.253 e. The largest absolute Gasteiger partial charge is 0.353 e. The van der Waals surface area contributed by atoms with Crippen molar-refractivity contribution in [2.45, 2.75) is 30.8 Å². The molecule has 3 rings (SSSR count). The summed E-state index contributed by atoms with van der Waals surface area (Å²) in [4.78, 5) is 18.9. The number of thioether (sulfide) groups is 1. The number of hydrogen-bond donors (Lipinski definition) is 1. The Labute approximate surface area is 146 Å². The minimum atomic E-state index is -0.0680. The zero-order chi connectivity index (χ0) is 16.8. The molecule has 1 amide bonds. The zero-order valence-electron chi connectivity index (χ0n) is 13.7. The van der Waals surface area contributed by atoms with Crippen molar-refractivity contribution in [3.8, 4) is 0 Å². The molecule has 3 heterocycles.